The van der Waals surface area contributed by atoms with Gasteiger partial charge in [0.2, 0.25) is 0 Å². The molecule has 2 aromatic carbocycles. The first-order valence-corrected chi connectivity index (χ1v) is 12.1. The van der Waals surface area contributed by atoms with Crippen molar-refractivity contribution in [3.8, 4) is 11.5 Å². The molecule has 8 N–H and O–H groups in total. The van der Waals surface area contributed by atoms with E-state index in [0.717, 1.165) is 17.4 Å². The maximum atomic E-state index is 13.1. The first kappa shape index (κ1) is 26.0. The molecule has 0 amide bonds. The third kappa shape index (κ3) is 6.01. The highest BCUT2D eigenvalue weighted by Crippen LogP contribution is 2.40. The Bertz CT molecular complexity index is 1350. The van der Waals surface area contributed by atoms with E-state index in [1.165, 1.54) is 5.56 Å². The van der Waals surface area contributed by atoms with E-state index in [2.05, 4.69) is 33.4 Å². The van der Waals surface area contributed by atoms with Crippen molar-refractivity contribution in [2.24, 2.45) is 33.5 Å². The third-order valence-corrected chi connectivity index (χ3v) is 6.46. The number of rotatable bonds is 10. The van der Waals surface area contributed by atoms with Gasteiger partial charge in [0.25, 0.3) is 0 Å². The van der Waals surface area contributed by atoms with E-state index in [9.17, 15) is 4.79 Å². The van der Waals surface area contributed by atoms with Gasteiger partial charge in [0, 0.05) is 17.7 Å². The van der Waals surface area contributed by atoms with E-state index < -0.39 is 0 Å². The molecule has 1 aromatic heterocycles. The summed E-state index contributed by atoms with van der Waals surface area (Å²) in [4.78, 5) is 13.1. The Labute approximate surface area is 214 Å². The summed E-state index contributed by atoms with van der Waals surface area (Å²) in [6.45, 7) is 4.12. The predicted octanol–water partition coefficient (Wildman–Crippen LogP) is 2.03. The highest BCUT2D eigenvalue weighted by Gasteiger charge is 2.27. The quantitative estimate of drug-likeness (QED) is 0.0903. The monoisotopic (exact) mass is 507 g/mol. The molecule has 0 aliphatic heterocycles. The summed E-state index contributed by atoms with van der Waals surface area (Å²) in [6.07, 6.45) is 2.19. The van der Waals surface area contributed by atoms with Crippen LogP contribution in [0.3, 0.4) is 0 Å². The normalized spacial score (nSPS) is 16.0. The number of amidine groups is 1. The average Bonchev–Trinajstić information content (AvgIpc) is 2.90. The van der Waals surface area contributed by atoms with E-state index in [1.54, 1.807) is 12.1 Å². The number of fused-ring (bicyclic) bond motifs is 3. The molecule has 3 aromatic rings. The molecule has 0 saturated carbocycles. The zero-order chi connectivity index (χ0) is 26.4. The lowest BCUT2D eigenvalue weighted by Crippen LogP contribution is -2.27. The number of hydrogen-bond acceptors (Lipinski definition) is 10. The Balaban J connectivity index is 1.74. The summed E-state index contributed by atoms with van der Waals surface area (Å²) in [6, 6.07) is 13.7. The minimum absolute atomic E-state index is 0.0287. The minimum atomic E-state index is -0.351. The van der Waals surface area contributed by atoms with Gasteiger partial charge in [0.05, 0.1) is 11.1 Å². The molecule has 0 spiro atoms. The molecule has 1 unspecified atom stereocenters. The number of nitrogens with zero attached hydrogens (tertiary/aromatic N) is 2. The minimum Gasteiger partial charge on any atom is -0.487 e. The Morgan fingerprint density at radius 3 is 2.54 bits per heavy atom. The van der Waals surface area contributed by atoms with Crippen molar-refractivity contribution in [1.82, 2.24) is 11.1 Å². The van der Waals surface area contributed by atoms with Crippen LogP contribution in [0.4, 0.5) is 0 Å². The van der Waals surface area contributed by atoms with Crippen molar-refractivity contribution >= 4 is 22.5 Å². The van der Waals surface area contributed by atoms with Gasteiger partial charge in [-0.3, -0.25) is 0 Å². The smallest absolute Gasteiger partial charge is 0.339 e. The van der Waals surface area contributed by atoms with Gasteiger partial charge < -0.3 is 19.6 Å². The van der Waals surface area contributed by atoms with E-state index in [1.807, 2.05) is 32.0 Å². The highest BCUT2D eigenvalue weighted by molar-refractivity contribution is 5.91. The first-order valence-electron chi connectivity index (χ1n) is 12.1. The summed E-state index contributed by atoms with van der Waals surface area (Å²) in [5.74, 6) is 12.0. The Morgan fingerprint density at radius 2 is 1.84 bits per heavy atom. The molecule has 196 valence electrons. The van der Waals surface area contributed by atoms with Crippen LogP contribution in [0.15, 0.2) is 61.9 Å². The first-order chi connectivity index (χ1) is 17.9. The van der Waals surface area contributed by atoms with Crippen LogP contribution >= 0.6 is 0 Å². The van der Waals surface area contributed by atoms with Gasteiger partial charge in [-0.1, -0.05) is 44.2 Å². The molecule has 1 aliphatic rings. The van der Waals surface area contributed by atoms with Gasteiger partial charge in [-0.25, -0.2) is 27.5 Å². The zero-order valence-corrected chi connectivity index (χ0v) is 21.0. The molecule has 0 bridgehead atoms. The molecule has 0 radical (unpaired) electrons. The molecule has 11 nitrogen and oxygen atoms in total. The maximum absolute atomic E-state index is 13.1. The van der Waals surface area contributed by atoms with Crippen LogP contribution in [0.2, 0.25) is 0 Å². The second-order valence-corrected chi connectivity index (χ2v) is 9.19. The number of nitrogens with two attached hydrogens (primary N) is 3. The molecule has 11 heteroatoms. The van der Waals surface area contributed by atoms with Gasteiger partial charge in [-0.15, -0.1) is 5.10 Å². The second-order valence-electron chi connectivity index (χ2n) is 9.19. The number of aryl methyl sites for hydroxylation is 1. The standard InChI is InChI=1S/C26H33N7O4/c1-15(2)21(30-32-28)13-35-18-11-22(36-14-24(27)31-33-29)25-19-9-8-17(16-6-4-3-5-7-16)10-20(19)26(34)37-23(25)12-18/h3-7,11-12,15,17,32-33H,8-10,13-14,28-29H2,1-2H3,(H2,27,31)/b30-21-. The summed E-state index contributed by atoms with van der Waals surface area (Å²) in [7, 11) is 0. The number of hydrazine groups is 2. The van der Waals surface area contributed by atoms with Gasteiger partial charge >= 0.3 is 5.63 Å². The molecule has 1 heterocycles. The Hall–Kier alpha value is -4.09. The topological polar surface area (TPSA) is 176 Å². The van der Waals surface area contributed by atoms with Crippen molar-refractivity contribution in [1.29, 1.82) is 0 Å². The predicted molar refractivity (Wildman–Crippen MR) is 143 cm³/mol. The van der Waals surface area contributed by atoms with E-state index >= 15 is 0 Å². The molecule has 4 rings (SSSR count). The average molecular weight is 508 g/mol. The number of ether oxygens (including phenoxy) is 2. The SMILES string of the molecule is CC(C)/C(COc1cc(OC/C(N)=N/NN)c2c3c(c(=O)oc2c1)CC(c1ccccc1)CC3)=N\NN. The summed E-state index contributed by atoms with van der Waals surface area (Å²) < 4.78 is 17.8. The lowest BCUT2D eigenvalue weighted by Gasteiger charge is -2.25. The van der Waals surface area contributed by atoms with Crippen LogP contribution < -0.4 is 43.6 Å². The van der Waals surface area contributed by atoms with E-state index in [-0.39, 0.29) is 36.5 Å². The zero-order valence-electron chi connectivity index (χ0n) is 21.0. The van der Waals surface area contributed by atoms with Crippen LogP contribution in [-0.2, 0) is 12.8 Å². The van der Waals surface area contributed by atoms with Crippen LogP contribution in [0.1, 0.15) is 42.9 Å². The lowest BCUT2D eigenvalue weighted by molar-refractivity contribution is 0.354. The van der Waals surface area contributed by atoms with Gasteiger partial charge in [-0.05, 0) is 42.2 Å². The molecular formula is C26H33N7O4. The summed E-state index contributed by atoms with van der Waals surface area (Å²) in [5, 5.41) is 8.54. The van der Waals surface area contributed by atoms with Crippen molar-refractivity contribution in [3.63, 3.8) is 0 Å². The van der Waals surface area contributed by atoms with Crippen LogP contribution in [0, 0.1) is 5.92 Å². The number of hydrogen-bond donors (Lipinski definition) is 5. The van der Waals surface area contributed by atoms with E-state index in [4.69, 9.17) is 31.3 Å². The largest absolute Gasteiger partial charge is 0.487 e. The second kappa shape index (κ2) is 11.8. The fourth-order valence-corrected chi connectivity index (χ4v) is 4.57. The van der Waals surface area contributed by atoms with Crippen molar-refractivity contribution in [3.05, 3.63) is 69.6 Å². The van der Waals surface area contributed by atoms with Crippen LogP contribution in [0.25, 0.3) is 11.0 Å². The molecule has 0 fully saturated rings. The van der Waals surface area contributed by atoms with Gasteiger partial charge in [0.1, 0.15) is 30.3 Å². The number of hydrazone groups is 2. The van der Waals surface area contributed by atoms with Crippen LogP contribution in [-0.4, -0.2) is 24.8 Å². The number of benzene rings is 2. The molecular weight excluding hydrogens is 474 g/mol. The van der Waals surface area contributed by atoms with Gasteiger partial charge in [0.15, 0.2) is 5.84 Å². The van der Waals surface area contributed by atoms with E-state index in [0.29, 0.717) is 41.2 Å². The van der Waals surface area contributed by atoms with Gasteiger partial charge in [-0.2, -0.15) is 5.10 Å². The lowest BCUT2D eigenvalue weighted by atomic mass is 9.80. The van der Waals surface area contributed by atoms with Crippen molar-refractivity contribution < 1.29 is 13.9 Å². The molecule has 1 aliphatic carbocycles. The fraction of sp³-hybridized carbons (Fsp3) is 0.346. The Morgan fingerprint density at radius 1 is 1.08 bits per heavy atom. The number of nitrogens with one attached hydrogen (secondary N) is 2. The fourth-order valence-electron chi connectivity index (χ4n) is 4.57. The third-order valence-electron chi connectivity index (χ3n) is 6.46. The van der Waals surface area contributed by atoms with Crippen molar-refractivity contribution in [2.75, 3.05) is 13.2 Å². The highest BCUT2D eigenvalue weighted by atomic mass is 16.5. The molecule has 37 heavy (non-hydrogen) atoms. The Kier molecular flexibility index (Phi) is 8.26. The van der Waals surface area contributed by atoms with Crippen molar-refractivity contribution in [2.45, 2.75) is 39.0 Å². The molecule has 1 atom stereocenters. The molecule has 0 saturated heterocycles. The summed E-state index contributed by atoms with van der Waals surface area (Å²) in [5.41, 5.74) is 13.9. The summed E-state index contributed by atoms with van der Waals surface area (Å²) >= 11 is 0. The van der Waals surface area contributed by atoms with Crippen LogP contribution in [0.5, 0.6) is 11.5 Å². The maximum Gasteiger partial charge on any atom is 0.339 e.